The van der Waals surface area contributed by atoms with Crippen LogP contribution in [0.15, 0.2) is 53.1 Å². The van der Waals surface area contributed by atoms with E-state index in [4.69, 9.17) is 14.9 Å². The Bertz CT molecular complexity index is 808. The van der Waals surface area contributed by atoms with E-state index in [1.165, 1.54) is 6.26 Å². The minimum absolute atomic E-state index is 0.278. The lowest BCUT2D eigenvalue weighted by molar-refractivity contribution is 0.102. The summed E-state index contributed by atoms with van der Waals surface area (Å²) in [4.78, 5) is 12.4. The number of rotatable bonds is 3. The van der Waals surface area contributed by atoms with Crippen LogP contribution >= 0.6 is 0 Å². The van der Waals surface area contributed by atoms with Gasteiger partial charge in [-0.3, -0.25) is 4.79 Å². The summed E-state index contributed by atoms with van der Waals surface area (Å²) < 4.78 is 10.5. The van der Waals surface area contributed by atoms with Crippen molar-refractivity contribution in [3.05, 3.63) is 54.3 Å². The van der Waals surface area contributed by atoms with Gasteiger partial charge in [-0.05, 0) is 18.2 Å². The monoisotopic (exact) mass is 282 g/mol. The molecule has 5 heteroatoms. The van der Waals surface area contributed by atoms with Crippen molar-refractivity contribution >= 4 is 28.3 Å². The van der Waals surface area contributed by atoms with Gasteiger partial charge < -0.3 is 20.2 Å². The maximum absolute atomic E-state index is 12.4. The first kappa shape index (κ1) is 13.1. The lowest BCUT2D eigenvalue weighted by Crippen LogP contribution is -2.12. The fourth-order valence-electron chi connectivity index (χ4n) is 2.11. The van der Waals surface area contributed by atoms with E-state index in [9.17, 15) is 4.79 Å². The van der Waals surface area contributed by atoms with Gasteiger partial charge >= 0.3 is 0 Å². The first-order valence-corrected chi connectivity index (χ1v) is 6.40. The van der Waals surface area contributed by atoms with Crippen LogP contribution in [-0.4, -0.2) is 13.0 Å². The van der Waals surface area contributed by atoms with Crippen molar-refractivity contribution in [3.63, 3.8) is 0 Å². The van der Waals surface area contributed by atoms with Crippen LogP contribution in [0.4, 0.5) is 11.4 Å². The van der Waals surface area contributed by atoms with Gasteiger partial charge in [0.15, 0.2) is 0 Å². The largest absolute Gasteiger partial charge is 0.497 e. The standard InChI is InChI=1S/C16H14N2O3/c1-20-10-6-7-13(17)14(8-10)18-16(19)12-9-21-15-5-3-2-4-11(12)15/h2-9H,17H2,1H3,(H,18,19). The smallest absolute Gasteiger partial charge is 0.259 e. The molecule has 0 unspecified atom stereocenters. The Morgan fingerprint density at radius 2 is 2.05 bits per heavy atom. The fraction of sp³-hybridized carbons (Fsp3) is 0.0625. The maximum Gasteiger partial charge on any atom is 0.259 e. The molecule has 3 aromatic rings. The van der Waals surface area contributed by atoms with Gasteiger partial charge in [0.2, 0.25) is 0 Å². The molecule has 0 radical (unpaired) electrons. The second-order valence-electron chi connectivity index (χ2n) is 4.55. The van der Waals surface area contributed by atoms with Gasteiger partial charge in [0, 0.05) is 11.5 Å². The molecule has 5 nitrogen and oxygen atoms in total. The zero-order chi connectivity index (χ0) is 14.8. The number of para-hydroxylation sites is 1. The molecule has 3 N–H and O–H groups in total. The molecule has 1 aromatic heterocycles. The Morgan fingerprint density at radius 3 is 2.86 bits per heavy atom. The summed E-state index contributed by atoms with van der Waals surface area (Å²) in [6.07, 6.45) is 1.44. The molecule has 0 atom stereocenters. The number of carbonyl (C=O) groups is 1. The number of amides is 1. The van der Waals surface area contributed by atoms with E-state index in [-0.39, 0.29) is 5.91 Å². The van der Waals surface area contributed by atoms with Gasteiger partial charge in [-0.2, -0.15) is 0 Å². The van der Waals surface area contributed by atoms with Crippen LogP contribution < -0.4 is 15.8 Å². The molecule has 0 aliphatic carbocycles. The van der Waals surface area contributed by atoms with E-state index in [1.54, 1.807) is 25.3 Å². The third-order valence-electron chi connectivity index (χ3n) is 3.23. The number of carbonyl (C=O) groups excluding carboxylic acids is 1. The van der Waals surface area contributed by atoms with Crippen LogP contribution in [0.5, 0.6) is 5.75 Å². The molecule has 1 amide bonds. The van der Waals surface area contributed by atoms with Crippen LogP contribution in [0.1, 0.15) is 10.4 Å². The second-order valence-corrected chi connectivity index (χ2v) is 4.55. The van der Waals surface area contributed by atoms with E-state index in [0.717, 1.165) is 5.39 Å². The summed E-state index contributed by atoms with van der Waals surface area (Å²) in [6.45, 7) is 0. The Morgan fingerprint density at radius 1 is 1.24 bits per heavy atom. The fourth-order valence-corrected chi connectivity index (χ4v) is 2.11. The van der Waals surface area contributed by atoms with Crippen molar-refractivity contribution in [2.75, 3.05) is 18.2 Å². The number of ether oxygens (including phenoxy) is 1. The minimum Gasteiger partial charge on any atom is -0.497 e. The van der Waals surface area contributed by atoms with E-state index in [0.29, 0.717) is 28.3 Å². The predicted octanol–water partition coefficient (Wildman–Crippen LogP) is 3.28. The Kier molecular flexibility index (Phi) is 3.23. The van der Waals surface area contributed by atoms with E-state index in [2.05, 4.69) is 5.32 Å². The highest BCUT2D eigenvalue weighted by atomic mass is 16.5. The molecule has 0 saturated heterocycles. The zero-order valence-corrected chi connectivity index (χ0v) is 11.4. The molecular formula is C16H14N2O3. The molecule has 21 heavy (non-hydrogen) atoms. The van der Waals surface area contributed by atoms with E-state index in [1.807, 2.05) is 24.3 Å². The van der Waals surface area contributed by atoms with E-state index >= 15 is 0 Å². The van der Waals surface area contributed by atoms with Crippen molar-refractivity contribution in [1.82, 2.24) is 0 Å². The average molecular weight is 282 g/mol. The molecule has 0 spiro atoms. The Hall–Kier alpha value is -2.95. The van der Waals surface area contributed by atoms with Gasteiger partial charge in [-0.1, -0.05) is 18.2 Å². The van der Waals surface area contributed by atoms with Crippen LogP contribution in [0, 0.1) is 0 Å². The van der Waals surface area contributed by atoms with Crippen molar-refractivity contribution in [3.8, 4) is 5.75 Å². The number of fused-ring (bicyclic) bond motifs is 1. The van der Waals surface area contributed by atoms with Gasteiger partial charge in [0.05, 0.1) is 24.0 Å². The third kappa shape index (κ3) is 2.41. The zero-order valence-electron chi connectivity index (χ0n) is 11.4. The van der Waals surface area contributed by atoms with Crippen LogP contribution in [-0.2, 0) is 0 Å². The van der Waals surface area contributed by atoms with Gasteiger partial charge in [-0.25, -0.2) is 0 Å². The Balaban J connectivity index is 1.93. The molecule has 0 aliphatic rings. The van der Waals surface area contributed by atoms with Crippen molar-refractivity contribution in [2.45, 2.75) is 0 Å². The molecule has 0 saturated carbocycles. The predicted molar refractivity (Wildman–Crippen MR) is 81.6 cm³/mol. The number of anilines is 2. The number of nitrogens with one attached hydrogen (secondary N) is 1. The van der Waals surface area contributed by atoms with E-state index < -0.39 is 0 Å². The topological polar surface area (TPSA) is 77.5 Å². The highest BCUT2D eigenvalue weighted by Gasteiger charge is 2.14. The summed E-state index contributed by atoms with van der Waals surface area (Å²) in [7, 11) is 1.56. The number of nitrogens with two attached hydrogens (primary N) is 1. The summed E-state index contributed by atoms with van der Waals surface area (Å²) in [5.74, 6) is 0.344. The number of methoxy groups -OCH3 is 1. The van der Waals surface area contributed by atoms with Crippen LogP contribution in [0.3, 0.4) is 0 Å². The van der Waals surface area contributed by atoms with Gasteiger partial charge in [0.1, 0.15) is 17.6 Å². The molecule has 3 rings (SSSR count). The highest BCUT2D eigenvalue weighted by Crippen LogP contribution is 2.26. The van der Waals surface area contributed by atoms with Crippen LogP contribution in [0.2, 0.25) is 0 Å². The average Bonchev–Trinajstić information content (AvgIpc) is 2.93. The third-order valence-corrected chi connectivity index (χ3v) is 3.23. The molecule has 1 heterocycles. The lowest BCUT2D eigenvalue weighted by atomic mass is 10.1. The maximum atomic E-state index is 12.4. The molecular weight excluding hydrogens is 268 g/mol. The summed E-state index contributed by atoms with van der Waals surface area (Å²) >= 11 is 0. The SMILES string of the molecule is COc1ccc(N)c(NC(=O)c2coc3ccccc23)c1. The quantitative estimate of drug-likeness (QED) is 0.723. The number of hydrogen-bond donors (Lipinski definition) is 2. The number of furan rings is 1. The van der Waals surface area contributed by atoms with Gasteiger partial charge in [-0.15, -0.1) is 0 Å². The second kappa shape index (κ2) is 5.20. The van der Waals surface area contributed by atoms with Crippen molar-refractivity contribution < 1.29 is 13.9 Å². The van der Waals surface area contributed by atoms with Gasteiger partial charge in [0.25, 0.3) is 5.91 Å². The molecule has 0 bridgehead atoms. The Labute approximate surface area is 121 Å². The summed E-state index contributed by atoms with van der Waals surface area (Å²) in [5.41, 5.74) is 7.97. The molecule has 106 valence electrons. The number of nitrogen functional groups attached to an aromatic ring is 1. The van der Waals surface area contributed by atoms with Crippen molar-refractivity contribution in [2.24, 2.45) is 0 Å². The summed E-state index contributed by atoms with van der Waals surface area (Å²) in [5, 5.41) is 3.54. The minimum atomic E-state index is -0.278. The molecule has 0 fully saturated rings. The molecule has 0 aliphatic heterocycles. The van der Waals surface area contributed by atoms with Crippen molar-refractivity contribution in [1.29, 1.82) is 0 Å². The number of hydrogen-bond acceptors (Lipinski definition) is 4. The number of benzene rings is 2. The molecule has 2 aromatic carbocycles. The first-order chi connectivity index (χ1) is 10.2. The highest BCUT2D eigenvalue weighted by molar-refractivity contribution is 6.13. The normalized spacial score (nSPS) is 10.5. The first-order valence-electron chi connectivity index (χ1n) is 6.40. The lowest BCUT2D eigenvalue weighted by Gasteiger charge is -2.09. The van der Waals surface area contributed by atoms with Crippen LogP contribution in [0.25, 0.3) is 11.0 Å². The summed E-state index contributed by atoms with van der Waals surface area (Å²) in [6, 6.07) is 12.5.